The molecule has 1 aromatic heterocycles. The van der Waals surface area contributed by atoms with Crippen molar-refractivity contribution in [1.29, 1.82) is 0 Å². The van der Waals surface area contributed by atoms with E-state index >= 15 is 0 Å². The van der Waals surface area contributed by atoms with Gasteiger partial charge in [0, 0.05) is 23.9 Å². The Hall–Kier alpha value is -1.23. The zero-order valence-corrected chi connectivity index (χ0v) is 14.1. The normalized spacial score (nSPS) is 17.0. The van der Waals surface area contributed by atoms with E-state index in [0.29, 0.717) is 6.54 Å². The summed E-state index contributed by atoms with van der Waals surface area (Å²) >= 11 is 1.72. The van der Waals surface area contributed by atoms with Gasteiger partial charge in [0.05, 0.1) is 5.69 Å². The van der Waals surface area contributed by atoms with Gasteiger partial charge in [0.25, 0.3) is 0 Å². The highest BCUT2D eigenvalue weighted by Crippen LogP contribution is 2.26. The number of hydrogen-bond donors (Lipinski definition) is 1. The van der Waals surface area contributed by atoms with E-state index < -0.39 is 0 Å². The highest BCUT2D eigenvalue weighted by molar-refractivity contribution is 7.13. The molecule has 3 rings (SSSR count). The summed E-state index contributed by atoms with van der Waals surface area (Å²) in [6.45, 7) is 6.53. The number of hydrogen-bond acceptors (Lipinski definition) is 4. The Morgan fingerprint density at radius 2 is 2.14 bits per heavy atom. The lowest BCUT2D eigenvalue weighted by Crippen LogP contribution is -2.32. The highest BCUT2D eigenvalue weighted by Gasteiger charge is 2.16. The summed E-state index contributed by atoms with van der Waals surface area (Å²) < 4.78 is 0. The Labute approximate surface area is 137 Å². The van der Waals surface area contributed by atoms with Crippen molar-refractivity contribution in [2.45, 2.75) is 32.7 Å². The minimum atomic E-state index is 0.663. The molecular formula is C18H25N3S. The van der Waals surface area contributed by atoms with Crippen molar-refractivity contribution < 1.29 is 0 Å². The standard InChI is InChI=1S/C18H25N3S/c1-14-6-9-21(10-7-14)12-15-3-2-4-16(11-15)18-20-17(5-8-19)13-22-18/h2-4,11,13-14H,5-10,12,19H2,1H3. The van der Waals surface area contributed by atoms with Gasteiger partial charge in [-0.2, -0.15) is 0 Å². The van der Waals surface area contributed by atoms with Gasteiger partial charge >= 0.3 is 0 Å². The number of nitrogens with zero attached hydrogens (tertiary/aromatic N) is 2. The summed E-state index contributed by atoms with van der Waals surface area (Å²) in [5.41, 5.74) is 9.34. The van der Waals surface area contributed by atoms with Gasteiger partial charge < -0.3 is 5.73 Å². The number of thiazole rings is 1. The zero-order valence-electron chi connectivity index (χ0n) is 13.3. The molecule has 0 saturated carbocycles. The second kappa shape index (κ2) is 7.36. The van der Waals surface area contributed by atoms with Crippen LogP contribution in [0.4, 0.5) is 0 Å². The molecule has 2 N–H and O–H groups in total. The van der Waals surface area contributed by atoms with Crippen molar-refractivity contribution >= 4 is 11.3 Å². The van der Waals surface area contributed by atoms with Crippen LogP contribution in [-0.4, -0.2) is 29.5 Å². The molecule has 0 aliphatic carbocycles. The molecule has 0 atom stereocenters. The third kappa shape index (κ3) is 3.94. The quantitative estimate of drug-likeness (QED) is 0.917. The Kier molecular flexibility index (Phi) is 5.24. The van der Waals surface area contributed by atoms with Crippen molar-refractivity contribution in [3.05, 3.63) is 40.9 Å². The summed E-state index contributed by atoms with van der Waals surface area (Å²) in [5, 5.41) is 3.23. The fourth-order valence-electron chi connectivity index (χ4n) is 2.98. The van der Waals surface area contributed by atoms with Gasteiger partial charge in [-0.15, -0.1) is 11.3 Å². The minimum Gasteiger partial charge on any atom is -0.330 e. The predicted octanol–water partition coefficient (Wildman–Crippen LogP) is 3.54. The molecule has 4 heteroatoms. The smallest absolute Gasteiger partial charge is 0.123 e. The molecule has 118 valence electrons. The summed E-state index contributed by atoms with van der Waals surface area (Å²) in [4.78, 5) is 7.26. The molecule has 1 aromatic carbocycles. The van der Waals surface area contributed by atoms with E-state index in [1.165, 1.54) is 37.1 Å². The number of nitrogens with two attached hydrogens (primary N) is 1. The van der Waals surface area contributed by atoms with Crippen LogP contribution in [0.15, 0.2) is 29.6 Å². The van der Waals surface area contributed by atoms with Crippen LogP contribution in [0.3, 0.4) is 0 Å². The Bertz CT molecular complexity index is 600. The molecule has 0 unspecified atom stereocenters. The monoisotopic (exact) mass is 315 g/mol. The lowest BCUT2D eigenvalue weighted by molar-refractivity contribution is 0.185. The molecule has 1 aliphatic rings. The maximum atomic E-state index is 5.61. The first-order valence-electron chi connectivity index (χ1n) is 8.20. The average molecular weight is 315 g/mol. The summed E-state index contributed by atoms with van der Waals surface area (Å²) in [5.74, 6) is 0.888. The number of likely N-dealkylation sites (tertiary alicyclic amines) is 1. The van der Waals surface area contributed by atoms with Crippen LogP contribution in [0, 0.1) is 5.92 Å². The first kappa shape index (κ1) is 15.7. The first-order chi connectivity index (χ1) is 10.7. The van der Waals surface area contributed by atoms with Gasteiger partial charge in [0.15, 0.2) is 0 Å². The number of rotatable bonds is 5. The van der Waals surface area contributed by atoms with Gasteiger partial charge in [-0.3, -0.25) is 4.90 Å². The maximum Gasteiger partial charge on any atom is 0.123 e. The molecule has 0 amide bonds. The van der Waals surface area contributed by atoms with Crippen LogP contribution in [0.25, 0.3) is 10.6 Å². The lowest BCUT2D eigenvalue weighted by atomic mass is 9.98. The fourth-order valence-corrected chi connectivity index (χ4v) is 3.83. The average Bonchev–Trinajstić information content (AvgIpc) is 2.99. The second-order valence-electron chi connectivity index (χ2n) is 6.34. The Morgan fingerprint density at radius 1 is 1.32 bits per heavy atom. The topological polar surface area (TPSA) is 42.2 Å². The molecule has 3 nitrogen and oxygen atoms in total. The van der Waals surface area contributed by atoms with Crippen LogP contribution in [0.1, 0.15) is 31.0 Å². The van der Waals surface area contributed by atoms with Crippen LogP contribution >= 0.6 is 11.3 Å². The van der Waals surface area contributed by atoms with E-state index in [0.717, 1.165) is 29.6 Å². The van der Waals surface area contributed by atoms with Crippen molar-refractivity contribution in [2.24, 2.45) is 11.7 Å². The lowest BCUT2D eigenvalue weighted by Gasteiger charge is -2.30. The maximum absolute atomic E-state index is 5.61. The molecule has 1 aliphatic heterocycles. The number of benzene rings is 1. The zero-order chi connectivity index (χ0) is 15.4. The van der Waals surface area contributed by atoms with Crippen LogP contribution in [0.2, 0.25) is 0 Å². The van der Waals surface area contributed by atoms with E-state index in [-0.39, 0.29) is 0 Å². The molecule has 0 bridgehead atoms. The van der Waals surface area contributed by atoms with E-state index in [4.69, 9.17) is 10.7 Å². The minimum absolute atomic E-state index is 0.663. The molecular weight excluding hydrogens is 290 g/mol. The van der Waals surface area contributed by atoms with Crippen molar-refractivity contribution in [2.75, 3.05) is 19.6 Å². The summed E-state index contributed by atoms with van der Waals surface area (Å²) in [6.07, 6.45) is 3.52. The predicted molar refractivity (Wildman–Crippen MR) is 94.0 cm³/mol. The first-order valence-corrected chi connectivity index (χ1v) is 9.08. The Balaban J connectivity index is 1.69. The third-order valence-electron chi connectivity index (χ3n) is 4.41. The molecule has 22 heavy (non-hydrogen) atoms. The van der Waals surface area contributed by atoms with Crippen LogP contribution < -0.4 is 5.73 Å². The Morgan fingerprint density at radius 3 is 2.91 bits per heavy atom. The largest absolute Gasteiger partial charge is 0.330 e. The van der Waals surface area contributed by atoms with Crippen LogP contribution in [0.5, 0.6) is 0 Å². The number of piperidine rings is 1. The molecule has 0 radical (unpaired) electrons. The summed E-state index contributed by atoms with van der Waals surface area (Å²) in [7, 11) is 0. The molecule has 2 heterocycles. The van der Waals surface area contributed by atoms with Crippen LogP contribution in [-0.2, 0) is 13.0 Å². The van der Waals surface area contributed by atoms with E-state index in [1.54, 1.807) is 11.3 Å². The fraction of sp³-hybridized carbons (Fsp3) is 0.500. The van der Waals surface area contributed by atoms with E-state index in [1.807, 2.05) is 0 Å². The highest BCUT2D eigenvalue weighted by atomic mass is 32.1. The molecule has 0 spiro atoms. The summed E-state index contributed by atoms with van der Waals surface area (Å²) in [6, 6.07) is 8.84. The van der Waals surface area contributed by atoms with Gasteiger partial charge in [0.2, 0.25) is 0 Å². The molecule has 1 saturated heterocycles. The van der Waals surface area contributed by atoms with Gasteiger partial charge in [-0.1, -0.05) is 25.1 Å². The van der Waals surface area contributed by atoms with Crippen molar-refractivity contribution in [3.63, 3.8) is 0 Å². The van der Waals surface area contributed by atoms with Crippen molar-refractivity contribution in [3.8, 4) is 10.6 Å². The van der Waals surface area contributed by atoms with Gasteiger partial charge in [-0.05, 0) is 50.0 Å². The van der Waals surface area contributed by atoms with E-state index in [9.17, 15) is 0 Å². The number of aromatic nitrogens is 1. The third-order valence-corrected chi connectivity index (χ3v) is 5.35. The molecule has 1 fully saturated rings. The second-order valence-corrected chi connectivity index (χ2v) is 7.20. The molecule has 2 aromatic rings. The van der Waals surface area contributed by atoms with E-state index in [2.05, 4.69) is 41.5 Å². The SMILES string of the molecule is CC1CCN(Cc2cccc(-c3nc(CCN)cs3)c2)CC1. The van der Waals surface area contributed by atoms with Gasteiger partial charge in [-0.25, -0.2) is 4.98 Å². The van der Waals surface area contributed by atoms with Crippen molar-refractivity contribution in [1.82, 2.24) is 9.88 Å². The van der Waals surface area contributed by atoms with Gasteiger partial charge in [0.1, 0.15) is 5.01 Å².